The minimum absolute atomic E-state index is 0.137. The Morgan fingerprint density at radius 3 is 2.94 bits per heavy atom. The predicted octanol–water partition coefficient (Wildman–Crippen LogP) is 0.718. The van der Waals surface area contributed by atoms with E-state index in [1.165, 1.54) is 0 Å². The van der Waals surface area contributed by atoms with Crippen LogP contribution in [0.1, 0.15) is 6.42 Å². The Hall–Kier alpha value is -0.910. The predicted molar refractivity (Wildman–Crippen MR) is 60.7 cm³/mol. The van der Waals surface area contributed by atoms with E-state index >= 15 is 0 Å². The molecule has 0 spiro atoms. The van der Waals surface area contributed by atoms with Gasteiger partial charge in [0.25, 0.3) is 0 Å². The van der Waals surface area contributed by atoms with Crippen LogP contribution in [0.15, 0.2) is 12.4 Å². The Kier molecular flexibility index (Phi) is 3.93. The van der Waals surface area contributed by atoms with Gasteiger partial charge < -0.3 is 14.7 Å². The van der Waals surface area contributed by atoms with Gasteiger partial charge in [-0.3, -0.25) is 0 Å². The van der Waals surface area contributed by atoms with Gasteiger partial charge in [-0.15, -0.1) is 0 Å². The summed E-state index contributed by atoms with van der Waals surface area (Å²) in [5.74, 6) is 0.645. The molecule has 1 saturated heterocycles. The van der Waals surface area contributed by atoms with E-state index in [0.29, 0.717) is 30.6 Å². The van der Waals surface area contributed by atoms with E-state index in [9.17, 15) is 0 Å². The van der Waals surface area contributed by atoms with Crippen molar-refractivity contribution in [1.82, 2.24) is 9.97 Å². The van der Waals surface area contributed by atoms with E-state index in [1.807, 2.05) is 0 Å². The third-order valence-corrected chi connectivity index (χ3v) is 2.75. The molecule has 1 aromatic heterocycles. The summed E-state index contributed by atoms with van der Waals surface area (Å²) in [6, 6.07) is 0.139. The van der Waals surface area contributed by atoms with Gasteiger partial charge in [-0.25, -0.2) is 9.97 Å². The molecular weight excluding hydrogens is 230 g/mol. The molecule has 2 heterocycles. The molecule has 0 amide bonds. The molecule has 6 heteroatoms. The van der Waals surface area contributed by atoms with Gasteiger partial charge in [-0.2, -0.15) is 0 Å². The minimum atomic E-state index is 0.137. The second-order valence-corrected chi connectivity index (χ2v) is 4.07. The lowest BCUT2D eigenvalue weighted by Crippen LogP contribution is -2.46. The first-order valence-corrected chi connectivity index (χ1v) is 5.62. The van der Waals surface area contributed by atoms with Crippen molar-refractivity contribution in [2.75, 3.05) is 31.3 Å². The van der Waals surface area contributed by atoms with Crippen molar-refractivity contribution in [3.05, 3.63) is 17.4 Å². The summed E-state index contributed by atoms with van der Waals surface area (Å²) in [6.45, 7) is 2.14. The molecule has 1 atom stereocenters. The number of nitrogens with zero attached hydrogens (tertiary/aromatic N) is 3. The molecule has 0 radical (unpaired) electrons. The molecule has 1 aliphatic heterocycles. The van der Waals surface area contributed by atoms with Gasteiger partial charge in [-0.1, -0.05) is 11.6 Å². The normalized spacial score (nSPS) is 21.1. The number of morpholine rings is 1. The molecule has 0 saturated carbocycles. The Labute approximate surface area is 99.0 Å². The van der Waals surface area contributed by atoms with Crippen LogP contribution in [0.3, 0.4) is 0 Å². The SMILES string of the molecule is OCC[C@@H]1COCCN1c1ncc(Cl)cn1. The fourth-order valence-corrected chi connectivity index (χ4v) is 1.86. The van der Waals surface area contributed by atoms with Crippen molar-refractivity contribution in [1.29, 1.82) is 0 Å². The summed E-state index contributed by atoms with van der Waals surface area (Å²) in [4.78, 5) is 10.4. The van der Waals surface area contributed by atoms with Crippen LogP contribution in [0, 0.1) is 0 Å². The monoisotopic (exact) mass is 243 g/mol. The average Bonchev–Trinajstić information content (AvgIpc) is 2.32. The second-order valence-electron chi connectivity index (χ2n) is 3.64. The second kappa shape index (κ2) is 5.43. The number of aliphatic hydroxyl groups is 1. The van der Waals surface area contributed by atoms with Gasteiger partial charge in [-0.05, 0) is 6.42 Å². The van der Waals surface area contributed by atoms with Crippen molar-refractivity contribution in [2.24, 2.45) is 0 Å². The van der Waals surface area contributed by atoms with Crippen LogP contribution in [-0.4, -0.2) is 47.5 Å². The minimum Gasteiger partial charge on any atom is -0.396 e. The van der Waals surface area contributed by atoms with Crippen LogP contribution in [0.4, 0.5) is 5.95 Å². The first-order valence-electron chi connectivity index (χ1n) is 5.24. The summed E-state index contributed by atoms with van der Waals surface area (Å²) in [7, 11) is 0. The smallest absolute Gasteiger partial charge is 0.225 e. The number of halogens is 1. The van der Waals surface area contributed by atoms with Crippen molar-refractivity contribution >= 4 is 17.5 Å². The highest BCUT2D eigenvalue weighted by Gasteiger charge is 2.24. The molecule has 16 heavy (non-hydrogen) atoms. The number of anilines is 1. The standard InChI is InChI=1S/C10H14ClN3O2/c11-8-5-12-10(13-6-8)14-2-4-16-7-9(14)1-3-15/h5-6,9,15H,1-4,7H2/t9-/m1/s1. The molecule has 0 aliphatic carbocycles. The lowest BCUT2D eigenvalue weighted by Gasteiger charge is -2.35. The van der Waals surface area contributed by atoms with E-state index < -0.39 is 0 Å². The third-order valence-electron chi connectivity index (χ3n) is 2.55. The topological polar surface area (TPSA) is 58.5 Å². The van der Waals surface area contributed by atoms with Crippen molar-refractivity contribution in [3.63, 3.8) is 0 Å². The van der Waals surface area contributed by atoms with Crippen molar-refractivity contribution in [3.8, 4) is 0 Å². The molecule has 0 aromatic carbocycles. The molecule has 0 unspecified atom stereocenters. The van der Waals surface area contributed by atoms with Crippen LogP contribution >= 0.6 is 11.6 Å². The van der Waals surface area contributed by atoms with Crippen molar-refractivity contribution in [2.45, 2.75) is 12.5 Å². The lowest BCUT2D eigenvalue weighted by molar-refractivity contribution is 0.0841. The van der Waals surface area contributed by atoms with E-state index in [1.54, 1.807) is 12.4 Å². The number of aliphatic hydroxyl groups excluding tert-OH is 1. The largest absolute Gasteiger partial charge is 0.396 e. The zero-order valence-electron chi connectivity index (χ0n) is 8.84. The van der Waals surface area contributed by atoms with Gasteiger partial charge in [0.15, 0.2) is 0 Å². The van der Waals surface area contributed by atoms with E-state index in [4.69, 9.17) is 21.4 Å². The van der Waals surface area contributed by atoms with E-state index in [0.717, 1.165) is 6.54 Å². The Morgan fingerprint density at radius 1 is 1.50 bits per heavy atom. The van der Waals surface area contributed by atoms with E-state index in [2.05, 4.69) is 14.9 Å². The molecule has 1 aliphatic rings. The highest BCUT2D eigenvalue weighted by Crippen LogP contribution is 2.17. The average molecular weight is 244 g/mol. The highest BCUT2D eigenvalue weighted by atomic mass is 35.5. The summed E-state index contributed by atoms with van der Waals surface area (Å²) in [5.41, 5.74) is 0. The molecule has 1 N–H and O–H groups in total. The number of ether oxygens (including phenoxy) is 1. The molecule has 1 fully saturated rings. The van der Waals surface area contributed by atoms with Crippen LogP contribution in [0.2, 0.25) is 5.02 Å². The van der Waals surface area contributed by atoms with Gasteiger partial charge in [0.2, 0.25) is 5.95 Å². The van der Waals surface area contributed by atoms with Gasteiger partial charge in [0, 0.05) is 13.2 Å². The zero-order valence-corrected chi connectivity index (χ0v) is 9.60. The Morgan fingerprint density at radius 2 is 2.25 bits per heavy atom. The fraction of sp³-hybridized carbons (Fsp3) is 0.600. The van der Waals surface area contributed by atoms with Crippen LogP contribution < -0.4 is 4.90 Å². The van der Waals surface area contributed by atoms with Gasteiger partial charge >= 0.3 is 0 Å². The van der Waals surface area contributed by atoms with Gasteiger partial charge in [0.1, 0.15) is 0 Å². The molecule has 5 nitrogen and oxygen atoms in total. The van der Waals surface area contributed by atoms with Crippen LogP contribution in [-0.2, 0) is 4.74 Å². The lowest BCUT2D eigenvalue weighted by atomic mass is 10.2. The number of hydrogen-bond acceptors (Lipinski definition) is 5. The number of rotatable bonds is 3. The molecular formula is C10H14ClN3O2. The molecule has 1 aromatic rings. The summed E-state index contributed by atoms with van der Waals surface area (Å²) in [5, 5.41) is 9.51. The zero-order chi connectivity index (χ0) is 11.4. The molecule has 2 rings (SSSR count). The maximum Gasteiger partial charge on any atom is 0.225 e. The quantitative estimate of drug-likeness (QED) is 0.848. The summed E-state index contributed by atoms with van der Waals surface area (Å²) >= 11 is 5.74. The first-order chi connectivity index (χ1) is 7.81. The first kappa shape index (κ1) is 11.6. The van der Waals surface area contributed by atoms with Crippen molar-refractivity contribution < 1.29 is 9.84 Å². The fourth-order valence-electron chi connectivity index (χ4n) is 1.76. The number of hydrogen-bond donors (Lipinski definition) is 1. The maximum absolute atomic E-state index is 8.98. The maximum atomic E-state index is 8.98. The molecule has 88 valence electrons. The van der Waals surface area contributed by atoms with Crippen LogP contribution in [0.5, 0.6) is 0 Å². The Balaban J connectivity index is 2.13. The third kappa shape index (κ3) is 2.61. The summed E-state index contributed by atoms with van der Waals surface area (Å²) in [6.07, 6.45) is 3.82. The molecule has 0 bridgehead atoms. The van der Waals surface area contributed by atoms with Gasteiger partial charge in [0.05, 0.1) is 36.7 Å². The Bertz CT molecular complexity index is 331. The highest BCUT2D eigenvalue weighted by molar-refractivity contribution is 6.30. The van der Waals surface area contributed by atoms with Crippen LogP contribution in [0.25, 0.3) is 0 Å². The number of aromatic nitrogens is 2. The summed E-state index contributed by atoms with van der Waals surface area (Å²) < 4.78 is 5.38. The van der Waals surface area contributed by atoms with E-state index in [-0.39, 0.29) is 12.6 Å².